The molecule has 7 nitrogen and oxygen atoms in total. The lowest BCUT2D eigenvalue weighted by atomic mass is 10.1. The van der Waals surface area contributed by atoms with Gasteiger partial charge in [-0.25, -0.2) is 17.9 Å². The molecule has 0 saturated heterocycles. The molecule has 0 aromatic heterocycles. The minimum Gasteiger partial charge on any atom is -0.457 e. The maximum atomic E-state index is 13.4. The molecule has 2 amide bonds. The van der Waals surface area contributed by atoms with Gasteiger partial charge in [-0.1, -0.05) is 48.0 Å². The van der Waals surface area contributed by atoms with Crippen molar-refractivity contribution in [2.24, 2.45) is 0 Å². The molecule has 0 bridgehead atoms. The highest BCUT2D eigenvalue weighted by atomic mass is 32.2. The van der Waals surface area contributed by atoms with E-state index >= 15 is 0 Å². The molecule has 0 fully saturated rings. The van der Waals surface area contributed by atoms with Gasteiger partial charge >= 0.3 is 6.03 Å². The smallest absolute Gasteiger partial charge is 0.326 e. The van der Waals surface area contributed by atoms with Gasteiger partial charge < -0.3 is 10.1 Å². The number of aryl methyl sites for hydroxylation is 4. The zero-order valence-corrected chi connectivity index (χ0v) is 23.4. The Hall–Kier alpha value is -4.14. The Labute approximate surface area is 230 Å². The fourth-order valence-corrected chi connectivity index (χ4v) is 6.01. The van der Waals surface area contributed by atoms with Crippen LogP contribution in [0.1, 0.15) is 22.3 Å². The molecule has 4 rings (SSSR count). The first-order valence-corrected chi connectivity index (χ1v) is 14.2. The van der Waals surface area contributed by atoms with E-state index < -0.39 is 10.0 Å². The Morgan fingerprint density at radius 3 is 2.05 bits per heavy atom. The Morgan fingerprint density at radius 2 is 1.41 bits per heavy atom. The van der Waals surface area contributed by atoms with E-state index in [1.165, 1.54) is 4.90 Å². The number of carbonyl (C=O) groups excluding carboxylic acids is 1. The van der Waals surface area contributed by atoms with Gasteiger partial charge in [-0.2, -0.15) is 0 Å². The third-order valence-electron chi connectivity index (χ3n) is 6.14. The number of ether oxygens (including phenoxy) is 1. The number of anilines is 2. The van der Waals surface area contributed by atoms with E-state index in [1.807, 2.05) is 80.6 Å². The molecule has 0 heterocycles. The van der Waals surface area contributed by atoms with Crippen molar-refractivity contribution in [1.82, 2.24) is 4.72 Å². The van der Waals surface area contributed by atoms with Gasteiger partial charge in [-0.15, -0.1) is 0 Å². The van der Waals surface area contributed by atoms with Gasteiger partial charge in [0, 0.05) is 24.5 Å². The zero-order valence-electron chi connectivity index (χ0n) is 22.6. The first kappa shape index (κ1) is 27.9. The van der Waals surface area contributed by atoms with Crippen molar-refractivity contribution in [3.05, 3.63) is 113 Å². The molecule has 8 heteroatoms. The summed E-state index contributed by atoms with van der Waals surface area (Å²) in [6.45, 7) is 7.59. The third-order valence-corrected chi connectivity index (χ3v) is 7.91. The van der Waals surface area contributed by atoms with Crippen molar-refractivity contribution >= 4 is 27.4 Å². The van der Waals surface area contributed by atoms with Crippen LogP contribution in [0.5, 0.6) is 11.5 Å². The molecule has 0 aliphatic rings. The van der Waals surface area contributed by atoms with Gasteiger partial charge in [0.2, 0.25) is 10.0 Å². The van der Waals surface area contributed by atoms with Crippen molar-refractivity contribution in [3.8, 4) is 11.5 Å². The van der Waals surface area contributed by atoms with Crippen molar-refractivity contribution in [1.29, 1.82) is 0 Å². The average Bonchev–Trinajstić information content (AvgIpc) is 2.87. The minimum absolute atomic E-state index is 0.0264. The van der Waals surface area contributed by atoms with E-state index in [-0.39, 0.29) is 24.0 Å². The number of carbonyl (C=O) groups is 1. The topological polar surface area (TPSA) is 87.7 Å². The number of nitrogens with one attached hydrogen (secondary N) is 2. The highest BCUT2D eigenvalue weighted by molar-refractivity contribution is 7.89. The molecule has 2 N–H and O–H groups in total. The Morgan fingerprint density at radius 1 is 0.769 bits per heavy atom. The minimum atomic E-state index is -3.78. The van der Waals surface area contributed by atoms with Crippen LogP contribution in [0.3, 0.4) is 0 Å². The van der Waals surface area contributed by atoms with Gasteiger partial charge in [-0.3, -0.25) is 4.90 Å². The lowest BCUT2D eigenvalue weighted by molar-refractivity contribution is 0.257. The van der Waals surface area contributed by atoms with Crippen LogP contribution in [-0.2, 0) is 10.0 Å². The molecule has 0 spiro atoms. The summed E-state index contributed by atoms with van der Waals surface area (Å²) in [4.78, 5) is 15.2. The van der Waals surface area contributed by atoms with Crippen molar-refractivity contribution < 1.29 is 17.9 Å². The predicted octanol–water partition coefficient (Wildman–Crippen LogP) is 6.73. The van der Waals surface area contributed by atoms with Crippen LogP contribution in [0.15, 0.2) is 95.9 Å². The number of nitrogens with zero attached hydrogens (tertiary/aromatic N) is 1. The molecular formula is C31H33N3O4S. The molecule has 202 valence electrons. The maximum absolute atomic E-state index is 13.4. The van der Waals surface area contributed by atoms with E-state index in [2.05, 4.69) is 10.0 Å². The predicted molar refractivity (Wildman–Crippen MR) is 156 cm³/mol. The van der Waals surface area contributed by atoms with Gasteiger partial charge in [-0.05, 0) is 92.9 Å². The molecule has 0 aliphatic heterocycles. The van der Waals surface area contributed by atoms with Gasteiger partial charge in [0.15, 0.2) is 0 Å². The van der Waals surface area contributed by atoms with Gasteiger partial charge in [0.25, 0.3) is 0 Å². The third kappa shape index (κ3) is 7.25. The number of rotatable bonds is 9. The van der Waals surface area contributed by atoms with E-state index in [4.69, 9.17) is 4.74 Å². The van der Waals surface area contributed by atoms with Crippen LogP contribution in [0, 0.1) is 27.7 Å². The standard InChI is InChI=1S/C31H33N3O4S/c1-22-9-8-10-26(21-22)33-31(35)34(27-13-15-29(16-14-27)38-28-11-6-5-7-12-28)18-17-32-39(36,37)30-24(3)19-23(2)20-25(30)4/h5-16,19-21,32H,17-18H2,1-4H3,(H,33,35). The van der Waals surface area contributed by atoms with E-state index in [9.17, 15) is 13.2 Å². The monoisotopic (exact) mass is 543 g/mol. The van der Waals surface area contributed by atoms with Crippen LogP contribution in [-0.4, -0.2) is 27.5 Å². The zero-order chi connectivity index (χ0) is 28.0. The number of para-hydroxylation sites is 1. The van der Waals surface area contributed by atoms with Gasteiger partial charge in [0.1, 0.15) is 11.5 Å². The molecule has 0 saturated carbocycles. The second-order valence-corrected chi connectivity index (χ2v) is 11.2. The number of benzene rings is 4. The van der Waals surface area contributed by atoms with Crippen LogP contribution in [0.25, 0.3) is 0 Å². The van der Waals surface area contributed by atoms with Crippen LogP contribution in [0.2, 0.25) is 0 Å². The van der Waals surface area contributed by atoms with Crippen molar-refractivity contribution in [2.45, 2.75) is 32.6 Å². The Bertz CT molecular complexity index is 1530. The SMILES string of the molecule is Cc1cccc(NC(=O)N(CCNS(=O)(=O)c2c(C)cc(C)cc2C)c2ccc(Oc3ccccc3)cc2)c1. The van der Waals surface area contributed by atoms with E-state index in [0.717, 1.165) is 11.1 Å². The summed E-state index contributed by atoms with van der Waals surface area (Å²) in [6.07, 6.45) is 0. The second kappa shape index (κ2) is 12.1. The maximum Gasteiger partial charge on any atom is 0.326 e. The van der Waals surface area contributed by atoms with Crippen LogP contribution >= 0.6 is 0 Å². The molecule has 4 aromatic rings. The van der Waals surface area contributed by atoms with Gasteiger partial charge in [0.05, 0.1) is 4.90 Å². The average molecular weight is 544 g/mol. The molecule has 4 aromatic carbocycles. The summed E-state index contributed by atoms with van der Waals surface area (Å²) in [5.74, 6) is 1.32. The molecule has 0 aliphatic carbocycles. The van der Waals surface area contributed by atoms with Crippen LogP contribution < -0.4 is 19.7 Å². The lowest BCUT2D eigenvalue weighted by Gasteiger charge is -2.24. The largest absolute Gasteiger partial charge is 0.457 e. The van der Waals surface area contributed by atoms with Crippen LogP contribution in [0.4, 0.5) is 16.2 Å². The Balaban J connectivity index is 1.53. The summed E-state index contributed by atoms with van der Waals surface area (Å²) in [7, 11) is -3.78. The molecule has 0 unspecified atom stereocenters. The van der Waals surface area contributed by atoms with E-state index in [1.54, 1.807) is 38.1 Å². The summed E-state index contributed by atoms with van der Waals surface area (Å²) < 4.78 is 34.9. The fourth-order valence-electron chi connectivity index (χ4n) is 4.54. The van der Waals surface area contributed by atoms with Crippen molar-refractivity contribution in [3.63, 3.8) is 0 Å². The Kier molecular flexibility index (Phi) is 8.69. The number of hydrogen-bond acceptors (Lipinski definition) is 4. The second-order valence-electron chi connectivity index (χ2n) is 9.49. The molecule has 0 radical (unpaired) electrons. The number of urea groups is 1. The summed E-state index contributed by atoms with van der Waals surface area (Å²) >= 11 is 0. The van der Waals surface area contributed by atoms with E-state index in [0.29, 0.717) is 34.0 Å². The number of amides is 2. The highest BCUT2D eigenvalue weighted by Gasteiger charge is 2.22. The van der Waals surface area contributed by atoms with Crippen molar-refractivity contribution in [2.75, 3.05) is 23.3 Å². The molecule has 0 atom stereocenters. The molecular weight excluding hydrogens is 510 g/mol. The summed E-state index contributed by atoms with van der Waals surface area (Å²) in [5, 5.41) is 2.92. The molecule has 39 heavy (non-hydrogen) atoms. The lowest BCUT2D eigenvalue weighted by Crippen LogP contribution is -2.41. The summed E-state index contributed by atoms with van der Waals surface area (Å²) in [5.41, 5.74) is 4.63. The quantitative estimate of drug-likeness (QED) is 0.245. The number of sulfonamides is 1. The first-order chi connectivity index (χ1) is 18.6. The highest BCUT2D eigenvalue weighted by Crippen LogP contribution is 2.25. The normalized spacial score (nSPS) is 11.2. The summed E-state index contributed by atoms with van der Waals surface area (Å²) in [6, 6.07) is 27.3. The first-order valence-electron chi connectivity index (χ1n) is 12.7. The number of hydrogen-bond donors (Lipinski definition) is 2. The fraction of sp³-hybridized carbons (Fsp3) is 0.194.